The number of hydrogen-bond acceptors (Lipinski definition) is 3. The lowest BCUT2D eigenvalue weighted by atomic mass is 10.2. The average molecular weight is 263 g/mol. The van der Waals surface area contributed by atoms with Gasteiger partial charge in [0.05, 0.1) is 5.69 Å². The number of ether oxygens (including phenoxy) is 1. The number of hydrogen-bond donors (Lipinski definition) is 1. The van der Waals surface area contributed by atoms with Gasteiger partial charge in [-0.2, -0.15) is 0 Å². The van der Waals surface area contributed by atoms with Crippen LogP contribution in [-0.4, -0.2) is 23.3 Å². The maximum Gasteiger partial charge on any atom is 0.415 e. The second kappa shape index (κ2) is 5.78. The zero-order valence-corrected chi connectivity index (χ0v) is 11.9. The molecule has 0 aliphatic heterocycles. The molecular formula is C15H21NO3. The van der Waals surface area contributed by atoms with Gasteiger partial charge in [0.25, 0.3) is 0 Å². The Bertz CT molecular complexity index is 475. The number of aromatic hydroxyl groups is 1. The van der Waals surface area contributed by atoms with Crippen LogP contribution in [0.15, 0.2) is 36.4 Å². The average Bonchev–Trinajstić information content (AvgIpc) is 2.24. The van der Waals surface area contributed by atoms with Gasteiger partial charge in [-0.25, -0.2) is 4.79 Å². The molecule has 1 amide bonds. The fraction of sp³-hybridized carbons (Fsp3) is 0.400. The molecule has 19 heavy (non-hydrogen) atoms. The van der Waals surface area contributed by atoms with Gasteiger partial charge in [-0.05, 0) is 39.8 Å². The summed E-state index contributed by atoms with van der Waals surface area (Å²) in [5.74, 6) is 0.0367. The van der Waals surface area contributed by atoms with Crippen LogP contribution < -0.4 is 4.90 Å². The van der Waals surface area contributed by atoms with Crippen molar-refractivity contribution in [2.45, 2.75) is 33.3 Å². The molecule has 0 heterocycles. The minimum Gasteiger partial charge on any atom is -0.506 e. The van der Waals surface area contributed by atoms with E-state index < -0.39 is 11.7 Å². The van der Waals surface area contributed by atoms with Crippen LogP contribution in [0.5, 0.6) is 5.75 Å². The summed E-state index contributed by atoms with van der Waals surface area (Å²) in [7, 11) is 0. The van der Waals surface area contributed by atoms with Crippen molar-refractivity contribution in [2.75, 3.05) is 11.4 Å². The second-order valence-corrected chi connectivity index (χ2v) is 5.51. The van der Waals surface area contributed by atoms with Crippen molar-refractivity contribution in [2.24, 2.45) is 0 Å². The molecule has 0 radical (unpaired) electrons. The Morgan fingerprint density at radius 3 is 2.42 bits per heavy atom. The molecule has 1 rings (SSSR count). The zero-order valence-electron chi connectivity index (χ0n) is 11.9. The maximum absolute atomic E-state index is 12.2. The number of carbonyl (C=O) groups excluding carboxylic acids is 1. The van der Waals surface area contributed by atoms with Crippen LogP contribution in [0.25, 0.3) is 0 Å². The van der Waals surface area contributed by atoms with E-state index in [1.807, 2.05) is 6.92 Å². The highest BCUT2D eigenvalue weighted by Crippen LogP contribution is 2.28. The number of amides is 1. The summed E-state index contributed by atoms with van der Waals surface area (Å²) in [6.45, 7) is 11.3. The lowest BCUT2D eigenvalue weighted by Gasteiger charge is -2.28. The van der Waals surface area contributed by atoms with E-state index in [1.54, 1.807) is 39.0 Å². The van der Waals surface area contributed by atoms with Crippen LogP contribution in [0, 0.1) is 0 Å². The number of anilines is 1. The molecule has 0 spiro atoms. The number of nitrogens with zero attached hydrogens (tertiary/aromatic N) is 1. The lowest BCUT2D eigenvalue weighted by Crippen LogP contribution is -2.37. The van der Waals surface area contributed by atoms with Crippen molar-refractivity contribution in [3.63, 3.8) is 0 Å². The molecule has 0 aromatic heterocycles. The van der Waals surface area contributed by atoms with Gasteiger partial charge < -0.3 is 9.84 Å². The first kappa shape index (κ1) is 15.1. The van der Waals surface area contributed by atoms with Crippen LogP contribution in [-0.2, 0) is 4.74 Å². The standard InChI is InChI=1S/C15H21NO3/c1-11(2)10-16(14(18)19-15(3,4)5)12-8-6-7-9-13(12)17/h6-9,17H,1,10H2,2-5H3. The Morgan fingerprint density at radius 2 is 1.95 bits per heavy atom. The Hall–Kier alpha value is -1.97. The summed E-state index contributed by atoms with van der Waals surface area (Å²) >= 11 is 0. The summed E-state index contributed by atoms with van der Waals surface area (Å²) in [5.41, 5.74) is 0.628. The van der Waals surface area contributed by atoms with E-state index in [4.69, 9.17) is 4.74 Å². The molecule has 0 unspecified atom stereocenters. The molecular weight excluding hydrogens is 242 g/mol. The summed E-state index contributed by atoms with van der Waals surface area (Å²) in [6, 6.07) is 6.66. The minimum absolute atomic E-state index is 0.0367. The molecule has 0 aliphatic carbocycles. The van der Waals surface area contributed by atoms with Crippen LogP contribution >= 0.6 is 0 Å². The highest BCUT2D eigenvalue weighted by Gasteiger charge is 2.24. The van der Waals surface area contributed by atoms with Crippen molar-refractivity contribution < 1.29 is 14.6 Å². The van der Waals surface area contributed by atoms with E-state index in [2.05, 4.69) is 6.58 Å². The number of benzene rings is 1. The van der Waals surface area contributed by atoms with Crippen molar-refractivity contribution in [3.05, 3.63) is 36.4 Å². The molecule has 0 atom stereocenters. The smallest absolute Gasteiger partial charge is 0.415 e. The zero-order chi connectivity index (χ0) is 14.6. The molecule has 0 bridgehead atoms. The monoisotopic (exact) mass is 263 g/mol. The minimum atomic E-state index is -0.588. The molecule has 4 heteroatoms. The topological polar surface area (TPSA) is 49.8 Å². The van der Waals surface area contributed by atoms with Gasteiger partial charge in [-0.1, -0.05) is 24.3 Å². The molecule has 1 N–H and O–H groups in total. The van der Waals surface area contributed by atoms with Crippen LogP contribution in [0.2, 0.25) is 0 Å². The summed E-state index contributed by atoms with van der Waals surface area (Å²) in [4.78, 5) is 13.6. The fourth-order valence-electron chi connectivity index (χ4n) is 1.53. The Labute approximate surface area is 114 Å². The van der Waals surface area contributed by atoms with E-state index >= 15 is 0 Å². The number of phenolic OH excluding ortho intramolecular Hbond substituents is 1. The first-order valence-electron chi connectivity index (χ1n) is 6.13. The second-order valence-electron chi connectivity index (χ2n) is 5.51. The molecule has 0 saturated heterocycles. The number of rotatable bonds is 3. The maximum atomic E-state index is 12.2. The fourth-order valence-corrected chi connectivity index (χ4v) is 1.53. The molecule has 0 aliphatic rings. The van der Waals surface area contributed by atoms with Crippen molar-refractivity contribution >= 4 is 11.8 Å². The third kappa shape index (κ3) is 4.66. The van der Waals surface area contributed by atoms with E-state index in [-0.39, 0.29) is 5.75 Å². The lowest BCUT2D eigenvalue weighted by molar-refractivity contribution is 0.0582. The summed E-state index contributed by atoms with van der Waals surface area (Å²) < 4.78 is 5.34. The predicted molar refractivity (Wildman–Crippen MR) is 76.5 cm³/mol. The van der Waals surface area contributed by atoms with Gasteiger partial charge in [-0.15, -0.1) is 0 Å². The largest absolute Gasteiger partial charge is 0.506 e. The third-order valence-corrected chi connectivity index (χ3v) is 2.21. The van der Waals surface area contributed by atoms with Gasteiger partial charge in [0.15, 0.2) is 0 Å². The Morgan fingerprint density at radius 1 is 1.37 bits per heavy atom. The van der Waals surface area contributed by atoms with Gasteiger partial charge in [0, 0.05) is 6.54 Å². The van der Waals surface area contributed by atoms with E-state index in [0.29, 0.717) is 12.2 Å². The van der Waals surface area contributed by atoms with E-state index in [1.165, 1.54) is 11.0 Å². The highest BCUT2D eigenvalue weighted by atomic mass is 16.6. The van der Waals surface area contributed by atoms with Crippen molar-refractivity contribution in [1.82, 2.24) is 0 Å². The number of para-hydroxylation sites is 2. The van der Waals surface area contributed by atoms with Gasteiger partial charge in [-0.3, -0.25) is 4.90 Å². The van der Waals surface area contributed by atoms with Crippen LogP contribution in [0.4, 0.5) is 10.5 Å². The first-order chi connectivity index (χ1) is 8.70. The van der Waals surface area contributed by atoms with Gasteiger partial charge >= 0.3 is 6.09 Å². The van der Waals surface area contributed by atoms with Gasteiger partial charge in [0.2, 0.25) is 0 Å². The molecule has 0 fully saturated rings. The predicted octanol–water partition coefficient (Wildman–Crippen LogP) is 3.71. The summed E-state index contributed by atoms with van der Waals surface area (Å²) in [5, 5.41) is 9.86. The van der Waals surface area contributed by atoms with E-state index in [0.717, 1.165) is 5.57 Å². The molecule has 0 saturated carbocycles. The molecule has 1 aromatic carbocycles. The van der Waals surface area contributed by atoms with Crippen LogP contribution in [0.3, 0.4) is 0 Å². The summed E-state index contributed by atoms with van der Waals surface area (Å²) in [6.07, 6.45) is -0.503. The van der Waals surface area contributed by atoms with Crippen molar-refractivity contribution in [3.8, 4) is 5.75 Å². The first-order valence-corrected chi connectivity index (χ1v) is 6.13. The van der Waals surface area contributed by atoms with E-state index in [9.17, 15) is 9.90 Å². The van der Waals surface area contributed by atoms with Gasteiger partial charge in [0.1, 0.15) is 11.4 Å². The molecule has 1 aromatic rings. The number of carbonyl (C=O) groups is 1. The quantitative estimate of drug-likeness (QED) is 0.846. The normalized spacial score (nSPS) is 10.9. The van der Waals surface area contributed by atoms with Crippen LogP contribution in [0.1, 0.15) is 27.7 Å². The molecule has 104 valence electrons. The highest BCUT2D eigenvalue weighted by molar-refractivity contribution is 5.90. The SMILES string of the molecule is C=C(C)CN(C(=O)OC(C)(C)C)c1ccccc1O. The Balaban J connectivity index is 3.05. The number of phenols is 1. The Kier molecular flexibility index (Phi) is 4.59. The third-order valence-electron chi connectivity index (χ3n) is 2.21. The molecule has 4 nitrogen and oxygen atoms in total. The van der Waals surface area contributed by atoms with Crippen molar-refractivity contribution in [1.29, 1.82) is 0 Å².